The molecule has 0 aliphatic heterocycles. The summed E-state index contributed by atoms with van der Waals surface area (Å²) in [5.74, 6) is 0. The fourth-order valence-corrected chi connectivity index (χ4v) is 4.95. The van der Waals surface area contributed by atoms with Gasteiger partial charge in [-0.3, -0.25) is 0 Å². The minimum Gasteiger partial charge on any atom is -0.454 e. The number of hydrogen-bond donors (Lipinski definition) is 1. The van der Waals surface area contributed by atoms with E-state index < -0.39 is 0 Å². The predicted molar refractivity (Wildman–Crippen MR) is 146 cm³/mol. The van der Waals surface area contributed by atoms with E-state index in [-0.39, 0.29) is 0 Å². The molecule has 166 valence electrons. The lowest BCUT2D eigenvalue weighted by Gasteiger charge is -2.25. The Kier molecular flexibility index (Phi) is 4.46. The van der Waals surface area contributed by atoms with Gasteiger partial charge in [-0.2, -0.15) is 0 Å². The first-order chi connectivity index (χ1) is 17.3. The number of furan rings is 1. The van der Waals surface area contributed by atoms with Gasteiger partial charge >= 0.3 is 0 Å². The summed E-state index contributed by atoms with van der Waals surface area (Å²) in [5, 5.41) is 3.41. The van der Waals surface area contributed by atoms with Crippen molar-refractivity contribution in [2.45, 2.75) is 0 Å². The maximum absolute atomic E-state index is 6.41. The zero-order valence-electron chi connectivity index (χ0n) is 19.0. The van der Waals surface area contributed by atoms with Gasteiger partial charge in [-0.15, -0.1) is 0 Å². The fraction of sp³-hybridized carbons (Fsp3) is 0. The zero-order chi connectivity index (χ0) is 23.2. The van der Waals surface area contributed by atoms with E-state index in [0.717, 1.165) is 50.2 Å². The number of aromatic nitrogens is 1. The SMILES string of the molecule is c1ccc(-c2cc3cc(N(c4ccccc4)c4cccc5c4oc4ccccc45)ccc3[nH]2)cc1. The van der Waals surface area contributed by atoms with Crippen LogP contribution in [0.1, 0.15) is 0 Å². The van der Waals surface area contributed by atoms with Crippen molar-refractivity contribution in [3.8, 4) is 11.3 Å². The van der Waals surface area contributed by atoms with Gasteiger partial charge in [0.25, 0.3) is 0 Å². The van der Waals surface area contributed by atoms with Gasteiger partial charge in [0.1, 0.15) is 5.58 Å². The third-order valence-electron chi connectivity index (χ3n) is 6.59. The second-order valence-corrected chi connectivity index (χ2v) is 8.74. The molecule has 0 bridgehead atoms. The second kappa shape index (κ2) is 7.93. The number of para-hydroxylation sites is 3. The van der Waals surface area contributed by atoms with E-state index in [1.807, 2.05) is 24.3 Å². The summed E-state index contributed by atoms with van der Waals surface area (Å²) in [6.07, 6.45) is 0. The van der Waals surface area contributed by atoms with Crippen LogP contribution in [0.2, 0.25) is 0 Å². The van der Waals surface area contributed by atoms with Gasteiger partial charge in [0, 0.05) is 38.7 Å². The molecule has 35 heavy (non-hydrogen) atoms. The van der Waals surface area contributed by atoms with Crippen molar-refractivity contribution in [1.29, 1.82) is 0 Å². The highest BCUT2D eigenvalue weighted by atomic mass is 16.3. The molecule has 5 aromatic carbocycles. The molecule has 2 heterocycles. The van der Waals surface area contributed by atoms with Gasteiger partial charge < -0.3 is 14.3 Å². The second-order valence-electron chi connectivity index (χ2n) is 8.74. The van der Waals surface area contributed by atoms with E-state index in [2.05, 4.69) is 113 Å². The van der Waals surface area contributed by atoms with Crippen LogP contribution in [0.15, 0.2) is 132 Å². The number of fused-ring (bicyclic) bond motifs is 4. The number of rotatable bonds is 4. The largest absolute Gasteiger partial charge is 0.454 e. The van der Waals surface area contributed by atoms with Crippen LogP contribution in [0.5, 0.6) is 0 Å². The van der Waals surface area contributed by atoms with Crippen LogP contribution in [0.4, 0.5) is 17.1 Å². The van der Waals surface area contributed by atoms with Crippen molar-refractivity contribution in [1.82, 2.24) is 4.98 Å². The number of nitrogens with one attached hydrogen (secondary N) is 1. The summed E-state index contributed by atoms with van der Waals surface area (Å²) in [5.41, 5.74) is 8.37. The first-order valence-electron chi connectivity index (χ1n) is 11.8. The molecular weight excluding hydrogens is 428 g/mol. The standard InChI is InChI=1S/C32H22N2O/c1-3-10-22(11-4-1)29-21-23-20-25(18-19-28(23)33-29)34(24-12-5-2-6-13-24)30-16-9-15-27-26-14-7-8-17-31(26)35-32(27)30/h1-21,33H. The topological polar surface area (TPSA) is 32.2 Å². The van der Waals surface area contributed by atoms with Gasteiger partial charge in [-0.05, 0) is 54.1 Å². The molecule has 0 amide bonds. The maximum Gasteiger partial charge on any atom is 0.159 e. The summed E-state index contributed by atoms with van der Waals surface area (Å²) < 4.78 is 6.41. The van der Waals surface area contributed by atoms with E-state index in [1.54, 1.807) is 0 Å². The van der Waals surface area contributed by atoms with Crippen LogP contribution >= 0.6 is 0 Å². The first kappa shape index (κ1) is 19.7. The highest BCUT2D eigenvalue weighted by molar-refractivity contribution is 6.10. The quantitative estimate of drug-likeness (QED) is 0.290. The number of aromatic amines is 1. The predicted octanol–water partition coefficient (Wildman–Crippen LogP) is 9.20. The van der Waals surface area contributed by atoms with Crippen molar-refractivity contribution in [3.05, 3.63) is 127 Å². The van der Waals surface area contributed by atoms with E-state index in [0.29, 0.717) is 0 Å². The zero-order valence-corrected chi connectivity index (χ0v) is 19.0. The van der Waals surface area contributed by atoms with Crippen LogP contribution in [-0.4, -0.2) is 4.98 Å². The molecule has 0 atom stereocenters. The lowest BCUT2D eigenvalue weighted by Crippen LogP contribution is -2.10. The Hall–Kier alpha value is -4.76. The molecule has 0 unspecified atom stereocenters. The van der Waals surface area contributed by atoms with Gasteiger partial charge in [0.05, 0.1) is 5.69 Å². The van der Waals surface area contributed by atoms with Crippen LogP contribution < -0.4 is 4.90 Å². The lowest BCUT2D eigenvalue weighted by molar-refractivity contribution is 0.669. The van der Waals surface area contributed by atoms with Crippen LogP contribution in [-0.2, 0) is 0 Å². The molecule has 3 heteroatoms. The summed E-state index contributed by atoms with van der Waals surface area (Å²) in [6, 6.07) is 44.3. The molecule has 0 fully saturated rings. The van der Waals surface area contributed by atoms with E-state index in [4.69, 9.17) is 4.42 Å². The first-order valence-corrected chi connectivity index (χ1v) is 11.8. The molecule has 7 rings (SSSR count). The van der Waals surface area contributed by atoms with Crippen molar-refractivity contribution in [3.63, 3.8) is 0 Å². The number of hydrogen-bond acceptors (Lipinski definition) is 2. The Bertz CT molecular complexity index is 1800. The van der Waals surface area contributed by atoms with Crippen molar-refractivity contribution >= 4 is 49.9 Å². The summed E-state index contributed by atoms with van der Waals surface area (Å²) in [7, 11) is 0. The molecule has 0 aliphatic carbocycles. The number of benzene rings is 5. The van der Waals surface area contributed by atoms with Crippen LogP contribution in [0, 0.1) is 0 Å². The minimum absolute atomic E-state index is 0.886. The van der Waals surface area contributed by atoms with E-state index in [9.17, 15) is 0 Å². The normalized spacial score (nSPS) is 11.4. The van der Waals surface area contributed by atoms with Crippen molar-refractivity contribution in [2.24, 2.45) is 0 Å². The maximum atomic E-state index is 6.41. The summed E-state index contributed by atoms with van der Waals surface area (Å²) >= 11 is 0. The Morgan fingerprint density at radius 3 is 2.17 bits per heavy atom. The number of H-pyrrole nitrogens is 1. The molecule has 0 saturated heterocycles. The molecule has 3 nitrogen and oxygen atoms in total. The highest BCUT2D eigenvalue weighted by Gasteiger charge is 2.19. The lowest BCUT2D eigenvalue weighted by atomic mass is 10.1. The molecule has 0 saturated carbocycles. The summed E-state index contributed by atoms with van der Waals surface area (Å²) in [4.78, 5) is 5.85. The minimum atomic E-state index is 0.886. The third-order valence-corrected chi connectivity index (χ3v) is 6.59. The number of anilines is 3. The molecular formula is C32H22N2O. The molecule has 2 aromatic heterocycles. The van der Waals surface area contributed by atoms with E-state index in [1.165, 1.54) is 10.9 Å². The smallest absolute Gasteiger partial charge is 0.159 e. The van der Waals surface area contributed by atoms with E-state index >= 15 is 0 Å². The van der Waals surface area contributed by atoms with Crippen molar-refractivity contribution in [2.75, 3.05) is 4.90 Å². The molecule has 1 N–H and O–H groups in total. The molecule has 7 aromatic rings. The highest BCUT2D eigenvalue weighted by Crippen LogP contribution is 2.42. The van der Waals surface area contributed by atoms with Gasteiger partial charge in [0.15, 0.2) is 5.58 Å². The Labute approximate surface area is 202 Å². The van der Waals surface area contributed by atoms with Gasteiger partial charge in [-0.25, -0.2) is 0 Å². The number of nitrogens with zero attached hydrogens (tertiary/aromatic N) is 1. The molecule has 0 radical (unpaired) electrons. The van der Waals surface area contributed by atoms with Crippen molar-refractivity contribution < 1.29 is 4.42 Å². The van der Waals surface area contributed by atoms with Gasteiger partial charge in [-0.1, -0.05) is 78.9 Å². The summed E-state index contributed by atoms with van der Waals surface area (Å²) in [6.45, 7) is 0. The average Bonchev–Trinajstić information content (AvgIpc) is 3.52. The third kappa shape index (κ3) is 3.29. The molecule has 0 spiro atoms. The monoisotopic (exact) mass is 450 g/mol. The Balaban J connectivity index is 1.44. The Morgan fingerprint density at radius 1 is 0.571 bits per heavy atom. The average molecular weight is 451 g/mol. The Morgan fingerprint density at radius 2 is 1.31 bits per heavy atom. The van der Waals surface area contributed by atoms with Crippen LogP contribution in [0.3, 0.4) is 0 Å². The fourth-order valence-electron chi connectivity index (χ4n) is 4.95. The van der Waals surface area contributed by atoms with Gasteiger partial charge in [0.2, 0.25) is 0 Å². The molecule has 0 aliphatic rings. The van der Waals surface area contributed by atoms with Crippen LogP contribution in [0.25, 0.3) is 44.1 Å².